The molecule has 0 bridgehead atoms. The van der Waals surface area contributed by atoms with Gasteiger partial charge >= 0.3 is 6.09 Å². The van der Waals surface area contributed by atoms with Crippen LogP contribution < -0.4 is 0 Å². The third-order valence-corrected chi connectivity index (χ3v) is 3.22. The summed E-state index contributed by atoms with van der Waals surface area (Å²) < 4.78 is 4.79. The summed E-state index contributed by atoms with van der Waals surface area (Å²) in [7, 11) is 0. The van der Waals surface area contributed by atoms with Crippen molar-refractivity contribution < 1.29 is 14.3 Å². The van der Waals surface area contributed by atoms with E-state index in [0.717, 1.165) is 16.0 Å². The Hall–Kier alpha value is -2.62. The molecule has 1 saturated heterocycles. The summed E-state index contributed by atoms with van der Waals surface area (Å²) in [6.07, 6.45) is -0.569. The van der Waals surface area contributed by atoms with Crippen LogP contribution in [0.25, 0.3) is 11.1 Å². The van der Waals surface area contributed by atoms with Crippen molar-refractivity contribution in [3.8, 4) is 11.1 Å². The summed E-state index contributed by atoms with van der Waals surface area (Å²) in [5.74, 6) is -0.315. The van der Waals surface area contributed by atoms with Gasteiger partial charge in [0.15, 0.2) is 0 Å². The number of cyclic esters (lactones) is 1. The lowest BCUT2D eigenvalue weighted by Gasteiger charge is -2.11. The van der Waals surface area contributed by atoms with Crippen LogP contribution in [0.2, 0.25) is 0 Å². The fourth-order valence-electron chi connectivity index (χ4n) is 2.20. The van der Waals surface area contributed by atoms with Crippen LogP contribution in [0.1, 0.15) is 10.4 Å². The van der Waals surface area contributed by atoms with Gasteiger partial charge < -0.3 is 4.74 Å². The van der Waals surface area contributed by atoms with Gasteiger partial charge in [-0.15, -0.1) is 0 Å². The molecule has 20 heavy (non-hydrogen) atoms. The molecule has 0 N–H and O–H groups in total. The molecule has 1 aliphatic heterocycles. The Balaban J connectivity index is 1.92. The molecular formula is C16H13NO3. The van der Waals surface area contributed by atoms with Crippen molar-refractivity contribution in [1.29, 1.82) is 0 Å². The Morgan fingerprint density at radius 3 is 2.45 bits per heavy atom. The monoisotopic (exact) mass is 267 g/mol. The smallest absolute Gasteiger partial charge is 0.416 e. The van der Waals surface area contributed by atoms with Gasteiger partial charge in [0.25, 0.3) is 5.91 Å². The fraction of sp³-hybridized carbons (Fsp3) is 0.125. The van der Waals surface area contributed by atoms with Gasteiger partial charge in [0.05, 0.1) is 6.54 Å². The molecule has 100 valence electrons. The lowest BCUT2D eigenvalue weighted by Crippen LogP contribution is -2.31. The molecule has 2 aromatic rings. The van der Waals surface area contributed by atoms with Crippen molar-refractivity contribution in [1.82, 2.24) is 4.90 Å². The van der Waals surface area contributed by atoms with E-state index in [-0.39, 0.29) is 12.5 Å². The van der Waals surface area contributed by atoms with Crippen LogP contribution in [0, 0.1) is 0 Å². The first-order valence-corrected chi connectivity index (χ1v) is 6.40. The topological polar surface area (TPSA) is 46.6 Å². The molecule has 1 fully saturated rings. The summed E-state index contributed by atoms with van der Waals surface area (Å²) in [6, 6.07) is 17.1. The lowest BCUT2D eigenvalue weighted by atomic mass is 10.0. The second-order valence-corrected chi connectivity index (χ2v) is 4.52. The first kappa shape index (κ1) is 12.4. The molecule has 0 aliphatic carbocycles. The third-order valence-electron chi connectivity index (χ3n) is 3.22. The van der Waals surface area contributed by atoms with Crippen molar-refractivity contribution in [3.05, 3.63) is 60.2 Å². The highest BCUT2D eigenvalue weighted by molar-refractivity contribution is 6.04. The largest absolute Gasteiger partial charge is 0.447 e. The van der Waals surface area contributed by atoms with Gasteiger partial charge in [0, 0.05) is 5.56 Å². The van der Waals surface area contributed by atoms with Crippen LogP contribution in [0.4, 0.5) is 4.79 Å². The summed E-state index contributed by atoms with van der Waals surface area (Å²) in [4.78, 5) is 24.8. The maximum Gasteiger partial charge on any atom is 0.416 e. The molecule has 2 amide bonds. The minimum atomic E-state index is -0.569. The molecule has 0 unspecified atom stereocenters. The number of carbonyl (C=O) groups excluding carboxylic acids is 2. The van der Waals surface area contributed by atoms with Crippen molar-refractivity contribution in [2.24, 2.45) is 0 Å². The number of hydrogen-bond acceptors (Lipinski definition) is 3. The summed E-state index contributed by atoms with van der Waals surface area (Å²) in [5, 5.41) is 0. The van der Waals surface area contributed by atoms with Crippen LogP contribution in [0.5, 0.6) is 0 Å². The Morgan fingerprint density at radius 1 is 1.00 bits per heavy atom. The molecule has 4 nitrogen and oxygen atoms in total. The van der Waals surface area contributed by atoms with Gasteiger partial charge in [0.1, 0.15) is 6.61 Å². The Labute approximate surface area is 116 Å². The molecule has 0 saturated carbocycles. The van der Waals surface area contributed by atoms with Crippen molar-refractivity contribution in [2.75, 3.05) is 13.2 Å². The third kappa shape index (κ3) is 2.28. The highest BCUT2D eigenvalue weighted by atomic mass is 16.6. The molecule has 0 spiro atoms. The predicted molar refractivity (Wildman–Crippen MR) is 74.3 cm³/mol. The van der Waals surface area contributed by atoms with E-state index in [2.05, 4.69) is 0 Å². The lowest BCUT2D eigenvalue weighted by molar-refractivity contribution is 0.0810. The SMILES string of the molecule is O=C1OCCN1C(=O)c1cccc(-c2ccccc2)c1. The molecule has 1 aliphatic rings. The second kappa shape index (κ2) is 5.17. The van der Waals surface area contributed by atoms with Gasteiger partial charge in [-0.1, -0.05) is 42.5 Å². The van der Waals surface area contributed by atoms with Gasteiger partial charge in [0.2, 0.25) is 0 Å². The van der Waals surface area contributed by atoms with E-state index in [1.165, 1.54) is 0 Å². The summed E-state index contributed by atoms with van der Waals surface area (Å²) in [5.41, 5.74) is 2.47. The number of hydrogen-bond donors (Lipinski definition) is 0. The van der Waals surface area contributed by atoms with E-state index in [1.54, 1.807) is 12.1 Å². The van der Waals surface area contributed by atoms with Gasteiger partial charge in [-0.2, -0.15) is 0 Å². The van der Waals surface area contributed by atoms with Gasteiger partial charge in [-0.25, -0.2) is 9.69 Å². The van der Waals surface area contributed by atoms with Crippen molar-refractivity contribution >= 4 is 12.0 Å². The van der Waals surface area contributed by atoms with E-state index in [9.17, 15) is 9.59 Å². The van der Waals surface area contributed by atoms with Gasteiger partial charge in [-0.3, -0.25) is 4.79 Å². The van der Waals surface area contributed by atoms with E-state index in [4.69, 9.17) is 4.74 Å². The molecule has 0 aromatic heterocycles. The average molecular weight is 267 g/mol. The molecule has 2 aromatic carbocycles. The van der Waals surface area contributed by atoms with Crippen LogP contribution in [-0.2, 0) is 4.74 Å². The number of amides is 2. The number of imide groups is 1. The number of benzene rings is 2. The van der Waals surface area contributed by atoms with Crippen molar-refractivity contribution in [2.45, 2.75) is 0 Å². The molecule has 4 heteroatoms. The first-order valence-electron chi connectivity index (χ1n) is 6.40. The Morgan fingerprint density at radius 2 is 1.75 bits per heavy atom. The minimum Gasteiger partial charge on any atom is -0.447 e. The first-order chi connectivity index (χ1) is 9.75. The maximum atomic E-state index is 12.3. The molecular weight excluding hydrogens is 254 g/mol. The average Bonchev–Trinajstić information content (AvgIpc) is 2.94. The zero-order chi connectivity index (χ0) is 13.9. The fourth-order valence-corrected chi connectivity index (χ4v) is 2.20. The molecule has 0 radical (unpaired) electrons. The number of nitrogens with zero attached hydrogens (tertiary/aromatic N) is 1. The zero-order valence-electron chi connectivity index (χ0n) is 10.8. The van der Waals surface area contributed by atoms with E-state index >= 15 is 0 Å². The Bertz CT molecular complexity index is 652. The second-order valence-electron chi connectivity index (χ2n) is 4.52. The Kier molecular flexibility index (Phi) is 3.21. The summed E-state index contributed by atoms with van der Waals surface area (Å²) in [6.45, 7) is 0.580. The maximum absolute atomic E-state index is 12.3. The predicted octanol–water partition coefficient (Wildman–Crippen LogP) is 2.95. The molecule has 1 heterocycles. The quantitative estimate of drug-likeness (QED) is 0.840. The van der Waals surface area contributed by atoms with E-state index in [0.29, 0.717) is 12.1 Å². The van der Waals surface area contributed by atoms with Crippen LogP contribution in [-0.4, -0.2) is 30.1 Å². The van der Waals surface area contributed by atoms with Crippen LogP contribution in [0.15, 0.2) is 54.6 Å². The highest BCUT2D eigenvalue weighted by Crippen LogP contribution is 2.21. The van der Waals surface area contributed by atoms with Gasteiger partial charge in [-0.05, 0) is 23.3 Å². The minimum absolute atomic E-state index is 0.267. The van der Waals surface area contributed by atoms with E-state index in [1.807, 2.05) is 42.5 Å². The van der Waals surface area contributed by atoms with E-state index < -0.39 is 6.09 Å². The summed E-state index contributed by atoms with van der Waals surface area (Å²) >= 11 is 0. The van der Waals surface area contributed by atoms with Crippen LogP contribution >= 0.6 is 0 Å². The number of ether oxygens (including phenoxy) is 1. The van der Waals surface area contributed by atoms with Crippen molar-refractivity contribution in [3.63, 3.8) is 0 Å². The van der Waals surface area contributed by atoms with Crippen LogP contribution in [0.3, 0.4) is 0 Å². The zero-order valence-corrected chi connectivity index (χ0v) is 10.8. The number of carbonyl (C=O) groups is 2. The number of rotatable bonds is 2. The molecule has 3 rings (SSSR count). The molecule has 0 atom stereocenters. The normalized spacial score (nSPS) is 14.2. The highest BCUT2D eigenvalue weighted by Gasteiger charge is 2.29. The standard InChI is InChI=1S/C16H13NO3/c18-15(17-9-10-20-16(17)19)14-8-4-7-13(11-14)12-5-2-1-3-6-12/h1-8,11H,9-10H2.